The predicted molar refractivity (Wildman–Crippen MR) is 74.3 cm³/mol. The minimum atomic E-state index is 0.482. The molecule has 1 aromatic carbocycles. The van der Waals surface area contributed by atoms with Gasteiger partial charge in [-0.3, -0.25) is 0 Å². The Morgan fingerprint density at radius 3 is 2.39 bits per heavy atom. The second-order valence-corrected chi connectivity index (χ2v) is 4.51. The Balaban J connectivity index is 2.62. The molecular formula is C13H13Cl2NO2. The van der Waals surface area contributed by atoms with Crippen LogP contribution in [-0.2, 0) is 6.42 Å². The van der Waals surface area contributed by atoms with Gasteiger partial charge in [0, 0.05) is 17.3 Å². The number of halogens is 2. The molecule has 0 spiro atoms. The molecule has 96 valence electrons. The standard InChI is InChI=1S/C13H13Cl2NO2/c1-17-11-6-9-5-8(3-4-14)13(15)16-10(9)7-12(11)18-2/h5-7H,3-4H2,1-2H3. The van der Waals surface area contributed by atoms with Crippen molar-refractivity contribution < 1.29 is 9.47 Å². The first-order valence-electron chi connectivity index (χ1n) is 5.46. The van der Waals surface area contributed by atoms with Gasteiger partial charge in [0.1, 0.15) is 5.15 Å². The van der Waals surface area contributed by atoms with Crippen LogP contribution in [0, 0.1) is 0 Å². The lowest BCUT2D eigenvalue weighted by molar-refractivity contribution is 0.356. The Labute approximate surface area is 116 Å². The summed E-state index contributed by atoms with van der Waals surface area (Å²) in [6, 6.07) is 5.68. The molecule has 0 N–H and O–H groups in total. The number of ether oxygens (including phenoxy) is 2. The summed E-state index contributed by atoms with van der Waals surface area (Å²) in [5.74, 6) is 1.82. The molecule has 0 radical (unpaired) electrons. The van der Waals surface area contributed by atoms with Crippen molar-refractivity contribution in [1.82, 2.24) is 4.98 Å². The van der Waals surface area contributed by atoms with Crippen molar-refractivity contribution in [2.24, 2.45) is 0 Å². The molecule has 5 heteroatoms. The highest BCUT2D eigenvalue weighted by molar-refractivity contribution is 6.30. The van der Waals surface area contributed by atoms with E-state index in [-0.39, 0.29) is 0 Å². The second kappa shape index (κ2) is 5.63. The van der Waals surface area contributed by atoms with Crippen molar-refractivity contribution in [1.29, 1.82) is 0 Å². The second-order valence-electron chi connectivity index (χ2n) is 3.78. The van der Waals surface area contributed by atoms with Crippen LogP contribution in [0.25, 0.3) is 10.9 Å². The third kappa shape index (κ3) is 2.47. The maximum Gasteiger partial charge on any atom is 0.162 e. The number of pyridine rings is 1. The molecule has 0 atom stereocenters. The van der Waals surface area contributed by atoms with Gasteiger partial charge in [-0.15, -0.1) is 11.6 Å². The van der Waals surface area contributed by atoms with Gasteiger partial charge in [0.2, 0.25) is 0 Å². The third-order valence-corrected chi connectivity index (χ3v) is 3.23. The highest BCUT2D eigenvalue weighted by Crippen LogP contribution is 2.33. The molecule has 0 saturated heterocycles. The number of aryl methyl sites for hydroxylation is 1. The van der Waals surface area contributed by atoms with Gasteiger partial charge in [-0.1, -0.05) is 11.6 Å². The molecule has 0 fully saturated rings. The van der Waals surface area contributed by atoms with Crippen LogP contribution < -0.4 is 9.47 Å². The van der Waals surface area contributed by atoms with Crippen LogP contribution in [0.5, 0.6) is 11.5 Å². The fourth-order valence-corrected chi connectivity index (χ4v) is 2.24. The fraction of sp³-hybridized carbons (Fsp3) is 0.308. The van der Waals surface area contributed by atoms with Gasteiger partial charge in [0.25, 0.3) is 0 Å². The number of rotatable bonds is 4. The zero-order chi connectivity index (χ0) is 13.1. The Morgan fingerprint density at radius 1 is 1.11 bits per heavy atom. The lowest BCUT2D eigenvalue weighted by atomic mass is 10.1. The van der Waals surface area contributed by atoms with Gasteiger partial charge in [0.05, 0.1) is 19.7 Å². The van der Waals surface area contributed by atoms with E-state index in [1.165, 1.54) is 0 Å². The summed E-state index contributed by atoms with van der Waals surface area (Å²) in [6.45, 7) is 0. The number of alkyl halides is 1. The molecule has 2 aromatic rings. The molecule has 0 unspecified atom stereocenters. The third-order valence-electron chi connectivity index (χ3n) is 2.71. The SMILES string of the molecule is COc1cc2cc(CCCl)c(Cl)nc2cc1OC. The van der Waals surface area contributed by atoms with Gasteiger partial charge in [-0.25, -0.2) is 4.98 Å². The monoisotopic (exact) mass is 285 g/mol. The lowest BCUT2D eigenvalue weighted by Crippen LogP contribution is -1.95. The zero-order valence-corrected chi connectivity index (χ0v) is 11.7. The average Bonchev–Trinajstić information content (AvgIpc) is 2.38. The summed E-state index contributed by atoms with van der Waals surface area (Å²) in [5, 5.41) is 1.44. The molecule has 1 aromatic heterocycles. The van der Waals surface area contributed by atoms with Crippen LogP contribution in [0.1, 0.15) is 5.56 Å². The molecule has 1 heterocycles. The maximum atomic E-state index is 6.11. The van der Waals surface area contributed by atoms with Crippen LogP contribution in [0.2, 0.25) is 5.15 Å². The highest BCUT2D eigenvalue weighted by atomic mass is 35.5. The molecule has 0 aliphatic carbocycles. The molecule has 0 aliphatic rings. The van der Waals surface area contributed by atoms with E-state index in [1.54, 1.807) is 14.2 Å². The van der Waals surface area contributed by atoms with Crippen LogP contribution in [-0.4, -0.2) is 25.1 Å². The summed E-state index contributed by atoms with van der Waals surface area (Å²) in [6.07, 6.45) is 0.692. The number of nitrogens with zero attached hydrogens (tertiary/aromatic N) is 1. The molecule has 0 bridgehead atoms. The molecule has 2 rings (SSSR count). The summed E-state index contributed by atoms with van der Waals surface area (Å²) in [7, 11) is 3.19. The van der Waals surface area contributed by atoms with Crippen molar-refractivity contribution in [2.45, 2.75) is 6.42 Å². The predicted octanol–water partition coefficient (Wildman–Crippen LogP) is 3.69. The summed E-state index contributed by atoms with van der Waals surface area (Å²) >= 11 is 11.8. The van der Waals surface area contributed by atoms with Crippen molar-refractivity contribution in [3.8, 4) is 11.5 Å². The van der Waals surface area contributed by atoms with Crippen LogP contribution in [0.3, 0.4) is 0 Å². The lowest BCUT2D eigenvalue weighted by Gasteiger charge is -2.10. The van der Waals surface area contributed by atoms with Crippen molar-refractivity contribution >= 4 is 34.1 Å². The van der Waals surface area contributed by atoms with Crippen LogP contribution >= 0.6 is 23.2 Å². The van der Waals surface area contributed by atoms with E-state index >= 15 is 0 Å². The highest BCUT2D eigenvalue weighted by Gasteiger charge is 2.10. The first-order chi connectivity index (χ1) is 8.69. The number of hydrogen-bond donors (Lipinski definition) is 0. The number of fused-ring (bicyclic) bond motifs is 1. The number of hydrogen-bond acceptors (Lipinski definition) is 3. The summed E-state index contributed by atoms with van der Waals surface area (Å²) in [4.78, 5) is 4.35. The first kappa shape index (κ1) is 13.2. The minimum Gasteiger partial charge on any atom is -0.493 e. The number of aromatic nitrogens is 1. The van der Waals surface area contributed by atoms with E-state index in [0.29, 0.717) is 29.0 Å². The molecule has 0 saturated carbocycles. The number of benzene rings is 1. The fourth-order valence-electron chi connectivity index (χ4n) is 1.80. The van der Waals surface area contributed by atoms with E-state index in [0.717, 1.165) is 16.5 Å². The van der Waals surface area contributed by atoms with Gasteiger partial charge in [-0.05, 0) is 24.1 Å². The van der Waals surface area contributed by atoms with Crippen molar-refractivity contribution in [2.75, 3.05) is 20.1 Å². The number of methoxy groups -OCH3 is 2. The zero-order valence-electron chi connectivity index (χ0n) is 10.2. The quantitative estimate of drug-likeness (QED) is 0.634. The Kier molecular flexibility index (Phi) is 4.15. The van der Waals surface area contributed by atoms with Crippen LogP contribution in [0.4, 0.5) is 0 Å². The van der Waals surface area contributed by atoms with Gasteiger partial charge in [0.15, 0.2) is 11.5 Å². The normalized spacial score (nSPS) is 10.7. The molecule has 18 heavy (non-hydrogen) atoms. The van der Waals surface area contributed by atoms with Crippen LogP contribution in [0.15, 0.2) is 18.2 Å². The molecular weight excluding hydrogens is 273 g/mol. The van der Waals surface area contributed by atoms with Crippen molar-refractivity contribution in [3.63, 3.8) is 0 Å². The van der Waals surface area contributed by atoms with Gasteiger partial charge >= 0.3 is 0 Å². The topological polar surface area (TPSA) is 31.4 Å². The van der Waals surface area contributed by atoms with E-state index in [1.807, 2.05) is 18.2 Å². The largest absolute Gasteiger partial charge is 0.493 e. The molecule has 0 aliphatic heterocycles. The van der Waals surface area contributed by atoms with E-state index in [9.17, 15) is 0 Å². The summed E-state index contributed by atoms with van der Waals surface area (Å²) in [5.41, 5.74) is 1.71. The van der Waals surface area contributed by atoms with Crippen molar-refractivity contribution in [3.05, 3.63) is 28.9 Å². The van der Waals surface area contributed by atoms with E-state index in [2.05, 4.69) is 4.98 Å². The Morgan fingerprint density at radius 2 is 1.78 bits per heavy atom. The van der Waals surface area contributed by atoms with E-state index in [4.69, 9.17) is 32.7 Å². The smallest absolute Gasteiger partial charge is 0.162 e. The minimum absolute atomic E-state index is 0.482. The molecule has 3 nitrogen and oxygen atoms in total. The Hall–Kier alpha value is -1.19. The molecule has 0 amide bonds. The maximum absolute atomic E-state index is 6.11. The Bertz CT molecular complexity index is 572. The average molecular weight is 286 g/mol. The van der Waals surface area contributed by atoms with Gasteiger partial charge in [-0.2, -0.15) is 0 Å². The summed E-state index contributed by atoms with van der Waals surface area (Å²) < 4.78 is 10.5. The first-order valence-corrected chi connectivity index (χ1v) is 6.38. The van der Waals surface area contributed by atoms with Gasteiger partial charge < -0.3 is 9.47 Å². The van der Waals surface area contributed by atoms with E-state index < -0.39 is 0 Å².